The Kier molecular flexibility index (Phi) is 5.58. The van der Waals surface area contributed by atoms with E-state index < -0.39 is 17.2 Å². The minimum atomic E-state index is -1.04. The second-order valence-corrected chi connectivity index (χ2v) is 6.90. The molecule has 1 rings (SSSR count). The lowest BCUT2D eigenvalue weighted by Crippen LogP contribution is -2.55. The van der Waals surface area contributed by atoms with Crippen LogP contribution >= 0.6 is 0 Å². The van der Waals surface area contributed by atoms with Crippen LogP contribution < -0.4 is 5.32 Å². The fourth-order valence-electron chi connectivity index (χ4n) is 2.02. The molecule has 0 heterocycles. The molecule has 0 unspecified atom stereocenters. The zero-order chi connectivity index (χ0) is 17.0. The number of carbonyl (C=O) groups is 2. The van der Waals surface area contributed by atoms with Crippen molar-refractivity contribution in [3.63, 3.8) is 0 Å². The minimum absolute atomic E-state index is 0.179. The summed E-state index contributed by atoms with van der Waals surface area (Å²) in [6.45, 7) is 9.16. The average molecular weight is 306 g/mol. The summed E-state index contributed by atoms with van der Waals surface area (Å²) in [5.41, 5.74) is -0.600. The number of benzene rings is 1. The van der Waals surface area contributed by atoms with Gasteiger partial charge in [-0.25, -0.2) is 4.79 Å². The van der Waals surface area contributed by atoms with E-state index in [1.165, 1.54) is 0 Å². The Morgan fingerprint density at radius 2 is 1.64 bits per heavy atom. The highest BCUT2D eigenvalue weighted by Crippen LogP contribution is 2.13. The Balaban J connectivity index is 2.67. The maximum absolute atomic E-state index is 12.5. The first kappa shape index (κ1) is 18.0. The number of likely N-dealkylation sites (N-methyl/N-ethyl adjacent to an activating group) is 1. The zero-order valence-corrected chi connectivity index (χ0v) is 14.3. The number of alkyl carbamates (subject to hydrolysis) is 1. The molecule has 0 spiro atoms. The van der Waals surface area contributed by atoms with Gasteiger partial charge in [-0.1, -0.05) is 30.3 Å². The molecular weight excluding hydrogens is 280 g/mol. The average Bonchev–Trinajstić information content (AvgIpc) is 2.35. The van der Waals surface area contributed by atoms with Gasteiger partial charge in [-0.3, -0.25) is 4.79 Å². The van der Waals surface area contributed by atoms with Gasteiger partial charge in [0, 0.05) is 13.6 Å². The highest BCUT2D eigenvalue weighted by molar-refractivity contribution is 5.89. The van der Waals surface area contributed by atoms with Crippen LogP contribution in [0.4, 0.5) is 4.79 Å². The summed E-state index contributed by atoms with van der Waals surface area (Å²) in [7, 11) is 1.72. The molecule has 1 aromatic carbocycles. The Bertz CT molecular complexity index is 518. The summed E-state index contributed by atoms with van der Waals surface area (Å²) >= 11 is 0. The van der Waals surface area contributed by atoms with E-state index in [9.17, 15) is 9.59 Å². The van der Waals surface area contributed by atoms with Gasteiger partial charge in [0.15, 0.2) is 0 Å². The highest BCUT2D eigenvalue weighted by atomic mass is 16.6. The van der Waals surface area contributed by atoms with Gasteiger partial charge in [0.1, 0.15) is 11.1 Å². The number of ether oxygens (including phenoxy) is 1. The minimum Gasteiger partial charge on any atom is -0.444 e. The van der Waals surface area contributed by atoms with E-state index in [1.807, 2.05) is 30.3 Å². The molecule has 22 heavy (non-hydrogen) atoms. The SMILES string of the molecule is CN(Cc1ccccc1)C(=O)C(C)(C)NC(=O)OC(C)(C)C. The van der Waals surface area contributed by atoms with Crippen LogP contribution in [0.2, 0.25) is 0 Å². The number of nitrogens with one attached hydrogen (secondary N) is 1. The maximum atomic E-state index is 12.5. The lowest BCUT2D eigenvalue weighted by Gasteiger charge is -2.31. The monoisotopic (exact) mass is 306 g/mol. The number of amides is 2. The Hall–Kier alpha value is -2.04. The van der Waals surface area contributed by atoms with E-state index in [1.54, 1.807) is 46.6 Å². The Morgan fingerprint density at radius 3 is 2.14 bits per heavy atom. The largest absolute Gasteiger partial charge is 0.444 e. The van der Waals surface area contributed by atoms with Crippen LogP contribution in [0.5, 0.6) is 0 Å². The maximum Gasteiger partial charge on any atom is 0.408 e. The molecule has 5 heteroatoms. The first-order valence-corrected chi connectivity index (χ1v) is 7.32. The van der Waals surface area contributed by atoms with Crippen LogP contribution in [0.3, 0.4) is 0 Å². The van der Waals surface area contributed by atoms with Crippen LogP contribution in [0.15, 0.2) is 30.3 Å². The molecule has 0 fully saturated rings. The predicted octanol–water partition coefficient (Wildman–Crippen LogP) is 2.95. The predicted molar refractivity (Wildman–Crippen MR) is 86.4 cm³/mol. The summed E-state index contributed by atoms with van der Waals surface area (Å²) in [4.78, 5) is 26.0. The Labute approximate surface area is 132 Å². The van der Waals surface area contributed by atoms with Gasteiger partial charge in [-0.05, 0) is 40.2 Å². The summed E-state index contributed by atoms with van der Waals surface area (Å²) in [5, 5.41) is 2.63. The molecule has 0 bridgehead atoms. The van der Waals surface area contributed by atoms with E-state index in [-0.39, 0.29) is 5.91 Å². The van der Waals surface area contributed by atoms with Gasteiger partial charge < -0.3 is 15.0 Å². The molecule has 0 atom stereocenters. The normalized spacial score (nSPS) is 11.7. The third-order valence-electron chi connectivity index (χ3n) is 2.96. The second kappa shape index (κ2) is 6.81. The van der Waals surface area contributed by atoms with Crippen molar-refractivity contribution in [1.29, 1.82) is 0 Å². The van der Waals surface area contributed by atoms with Crippen LogP contribution in [0, 0.1) is 0 Å². The van der Waals surface area contributed by atoms with Crippen molar-refractivity contribution in [3.8, 4) is 0 Å². The molecular formula is C17H26N2O3. The van der Waals surface area contributed by atoms with Crippen molar-refractivity contribution in [1.82, 2.24) is 10.2 Å². The fraction of sp³-hybridized carbons (Fsp3) is 0.529. The first-order chi connectivity index (χ1) is 10.0. The standard InChI is InChI=1S/C17H26N2O3/c1-16(2,3)22-15(21)18-17(4,5)14(20)19(6)12-13-10-8-7-9-11-13/h7-11H,12H2,1-6H3,(H,18,21). The molecule has 5 nitrogen and oxygen atoms in total. The molecule has 1 aromatic rings. The molecule has 0 aromatic heterocycles. The van der Waals surface area contributed by atoms with E-state index in [2.05, 4.69) is 5.32 Å². The molecule has 0 aliphatic heterocycles. The van der Waals surface area contributed by atoms with Gasteiger partial charge in [-0.15, -0.1) is 0 Å². The van der Waals surface area contributed by atoms with Crippen LogP contribution in [0.1, 0.15) is 40.2 Å². The van der Waals surface area contributed by atoms with Crippen LogP contribution in [0.25, 0.3) is 0 Å². The third-order valence-corrected chi connectivity index (χ3v) is 2.96. The number of carbonyl (C=O) groups excluding carboxylic acids is 2. The fourth-order valence-corrected chi connectivity index (χ4v) is 2.02. The third kappa shape index (κ3) is 5.76. The summed E-state index contributed by atoms with van der Waals surface area (Å²) in [6, 6.07) is 9.70. The van der Waals surface area contributed by atoms with Gasteiger partial charge >= 0.3 is 6.09 Å². The lowest BCUT2D eigenvalue weighted by molar-refractivity contribution is -0.136. The topological polar surface area (TPSA) is 58.6 Å². The number of hydrogen-bond donors (Lipinski definition) is 1. The van der Waals surface area contributed by atoms with Crippen molar-refractivity contribution in [2.24, 2.45) is 0 Å². The summed E-state index contributed by atoms with van der Waals surface area (Å²) in [5.74, 6) is -0.179. The first-order valence-electron chi connectivity index (χ1n) is 7.32. The molecule has 0 saturated carbocycles. The highest BCUT2D eigenvalue weighted by Gasteiger charge is 2.33. The lowest BCUT2D eigenvalue weighted by atomic mass is 10.0. The smallest absolute Gasteiger partial charge is 0.408 e. The second-order valence-electron chi connectivity index (χ2n) is 6.90. The number of nitrogens with zero attached hydrogens (tertiary/aromatic N) is 1. The molecule has 2 amide bonds. The van der Waals surface area contributed by atoms with E-state index in [0.29, 0.717) is 6.54 Å². The number of rotatable bonds is 4. The van der Waals surface area contributed by atoms with E-state index in [4.69, 9.17) is 4.74 Å². The molecule has 0 saturated heterocycles. The van der Waals surface area contributed by atoms with Crippen molar-refractivity contribution in [2.45, 2.75) is 52.3 Å². The van der Waals surface area contributed by atoms with E-state index >= 15 is 0 Å². The van der Waals surface area contributed by atoms with Gasteiger partial charge in [0.05, 0.1) is 0 Å². The van der Waals surface area contributed by atoms with E-state index in [0.717, 1.165) is 5.56 Å². The molecule has 0 radical (unpaired) electrons. The van der Waals surface area contributed by atoms with Crippen LogP contribution in [-0.4, -0.2) is 35.1 Å². The van der Waals surface area contributed by atoms with Crippen molar-refractivity contribution >= 4 is 12.0 Å². The molecule has 1 N–H and O–H groups in total. The number of hydrogen-bond acceptors (Lipinski definition) is 3. The van der Waals surface area contributed by atoms with Crippen molar-refractivity contribution in [3.05, 3.63) is 35.9 Å². The van der Waals surface area contributed by atoms with Crippen LogP contribution in [-0.2, 0) is 16.1 Å². The van der Waals surface area contributed by atoms with Crippen molar-refractivity contribution in [2.75, 3.05) is 7.05 Å². The molecule has 0 aliphatic carbocycles. The van der Waals surface area contributed by atoms with Crippen molar-refractivity contribution < 1.29 is 14.3 Å². The van der Waals surface area contributed by atoms with Gasteiger partial charge in [0.25, 0.3) is 0 Å². The van der Waals surface area contributed by atoms with Gasteiger partial charge in [0.2, 0.25) is 5.91 Å². The summed E-state index contributed by atoms with van der Waals surface area (Å²) < 4.78 is 5.20. The Morgan fingerprint density at radius 1 is 1.09 bits per heavy atom. The molecule has 0 aliphatic rings. The van der Waals surface area contributed by atoms with Gasteiger partial charge in [-0.2, -0.15) is 0 Å². The summed E-state index contributed by atoms with van der Waals surface area (Å²) in [6.07, 6.45) is -0.598. The molecule has 122 valence electrons. The quantitative estimate of drug-likeness (QED) is 0.930. The zero-order valence-electron chi connectivity index (χ0n) is 14.3.